The van der Waals surface area contributed by atoms with E-state index in [0.717, 1.165) is 10.0 Å². The number of nitrogens with two attached hydrogens (primary N) is 1. The van der Waals surface area contributed by atoms with Crippen molar-refractivity contribution in [2.24, 2.45) is 11.7 Å². The zero-order chi connectivity index (χ0) is 13.0. The second-order valence-corrected chi connectivity index (χ2v) is 5.29. The fourth-order valence-corrected chi connectivity index (χ4v) is 1.94. The third-order valence-corrected chi connectivity index (χ3v) is 3.69. The van der Waals surface area contributed by atoms with Crippen LogP contribution in [0.25, 0.3) is 0 Å². The summed E-state index contributed by atoms with van der Waals surface area (Å²) in [4.78, 5) is 13.7. The summed E-state index contributed by atoms with van der Waals surface area (Å²) in [6.07, 6.45) is 0. The molecular weight excluding hydrogens is 280 g/mol. The molecule has 0 radical (unpaired) electrons. The van der Waals surface area contributed by atoms with Crippen LogP contribution in [0.15, 0.2) is 28.7 Å². The van der Waals surface area contributed by atoms with Gasteiger partial charge in [-0.2, -0.15) is 0 Å². The van der Waals surface area contributed by atoms with Crippen LogP contribution in [0.1, 0.15) is 19.4 Å². The number of hydrogen-bond donors (Lipinski definition) is 1. The Bertz CT molecular complexity index is 393. The van der Waals surface area contributed by atoms with Crippen LogP contribution in [0, 0.1) is 5.92 Å². The summed E-state index contributed by atoms with van der Waals surface area (Å²) in [7, 11) is 1.81. The quantitative estimate of drug-likeness (QED) is 0.928. The SMILES string of the molecule is CC(N)C(C)C(=O)N(C)Cc1ccccc1Br. The van der Waals surface area contributed by atoms with Crippen molar-refractivity contribution in [1.82, 2.24) is 4.90 Å². The van der Waals surface area contributed by atoms with Crippen LogP contribution in [-0.4, -0.2) is 23.9 Å². The lowest BCUT2D eigenvalue weighted by atomic mass is 10.0. The van der Waals surface area contributed by atoms with E-state index >= 15 is 0 Å². The topological polar surface area (TPSA) is 46.3 Å². The van der Waals surface area contributed by atoms with Gasteiger partial charge in [0.05, 0.1) is 5.92 Å². The molecule has 0 aliphatic rings. The Morgan fingerprint density at radius 2 is 2.00 bits per heavy atom. The van der Waals surface area contributed by atoms with E-state index in [-0.39, 0.29) is 17.9 Å². The molecule has 0 saturated carbocycles. The van der Waals surface area contributed by atoms with Crippen molar-refractivity contribution in [1.29, 1.82) is 0 Å². The lowest BCUT2D eigenvalue weighted by molar-refractivity contribution is -0.134. The van der Waals surface area contributed by atoms with Gasteiger partial charge >= 0.3 is 0 Å². The predicted octanol–water partition coefficient (Wildman–Crippen LogP) is 2.39. The molecule has 0 aromatic heterocycles. The molecule has 2 unspecified atom stereocenters. The Labute approximate surface area is 111 Å². The molecule has 0 saturated heterocycles. The lowest BCUT2D eigenvalue weighted by Gasteiger charge is -2.23. The molecule has 1 aromatic rings. The van der Waals surface area contributed by atoms with Crippen LogP contribution in [0.3, 0.4) is 0 Å². The van der Waals surface area contributed by atoms with Crippen LogP contribution in [0.2, 0.25) is 0 Å². The van der Waals surface area contributed by atoms with Gasteiger partial charge in [0.25, 0.3) is 0 Å². The molecule has 0 fully saturated rings. The second kappa shape index (κ2) is 6.17. The number of carbonyl (C=O) groups is 1. The molecule has 1 aromatic carbocycles. The molecule has 0 heterocycles. The number of amides is 1. The maximum atomic E-state index is 12.0. The molecule has 17 heavy (non-hydrogen) atoms. The number of nitrogens with zero attached hydrogens (tertiary/aromatic N) is 1. The minimum absolute atomic E-state index is 0.0794. The minimum atomic E-state index is -0.150. The van der Waals surface area contributed by atoms with Gasteiger partial charge < -0.3 is 10.6 Å². The van der Waals surface area contributed by atoms with Crippen LogP contribution in [-0.2, 0) is 11.3 Å². The van der Waals surface area contributed by atoms with Crippen molar-refractivity contribution >= 4 is 21.8 Å². The molecule has 4 heteroatoms. The molecule has 1 rings (SSSR count). The maximum absolute atomic E-state index is 12.0. The average molecular weight is 299 g/mol. The zero-order valence-corrected chi connectivity index (χ0v) is 12.1. The summed E-state index contributed by atoms with van der Waals surface area (Å²) in [6.45, 7) is 4.32. The molecule has 0 aliphatic heterocycles. The van der Waals surface area contributed by atoms with Crippen molar-refractivity contribution in [2.75, 3.05) is 7.05 Å². The number of benzene rings is 1. The number of halogens is 1. The summed E-state index contributed by atoms with van der Waals surface area (Å²) in [6, 6.07) is 7.78. The molecule has 0 aliphatic carbocycles. The smallest absolute Gasteiger partial charge is 0.226 e. The minimum Gasteiger partial charge on any atom is -0.341 e. The van der Waals surface area contributed by atoms with Gasteiger partial charge in [-0.05, 0) is 18.6 Å². The molecule has 3 nitrogen and oxygen atoms in total. The fourth-order valence-electron chi connectivity index (χ4n) is 1.53. The third-order valence-electron chi connectivity index (χ3n) is 2.92. The highest BCUT2D eigenvalue weighted by Crippen LogP contribution is 2.18. The first-order valence-electron chi connectivity index (χ1n) is 5.67. The van der Waals surface area contributed by atoms with Gasteiger partial charge in [0.15, 0.2) is 0 Å². The summed E-state index contributed by atoms with van der Waals surface area (Å²) < 4.78 is 1.02. The van der Waals surface area contributed by atoms with Gasteiger partial charge in [0.2, 0.25) is 5.91 Å². The molecule has 2 atom stereocenters. The predicted molar refractivity (Wildman–Crippen MR) is 73.4 cm³/mol. The maximum Gasteiger partial charge on any atom is 0.226 e. The van der Waals surface area contributed by atoms with Gasteiger partial charge in [0, 0.05) is 24.1 Å². The summed E-state index contributed by atoms with van der Waals surface area (Å²) in [5, 5.41) is 0. The number of carbonyl (C=O) groups excluding carboxylic acids is 1. The van der Waals surface area contributed by atoms with Gasteiger partial charge in [-0.3, -0.25) is 4.79 Å². The van der Waals surface area contributed by atoms with Crippen molar-refractivity contribution in [2.45, 2.75) is 26.4 Å². The lowest BCUT2D eigenvalue weighted by Crippen LogP contribution is -2.39. The summed E-state index contributed by atoms with van der Waals surface area (Å²) in [5.74, 6) is -0.0711. The Hall–Kier alpha value is -0.870. The first kappa shape index (κ1) is 14.2. The average Bonchev–Trinajstić information content (AvgIpc) is 2.30. The Balaban J connectivity index is 2.70. The van der Waals surface area contributed by atoms with E-state index in [1.807, 2.05) is 38.1 Å². The molecule has 0 spiro atoms. The van der Waals surface area contributed by atoms with E-state index in [9.17, 15) is 4.79 Å². The van der Waals surface area contributed by atoms with Crippen molar-refractivity contribution < 1.29 is 4.79 Å². The second-order valence-electron chi connectivity index (χ2n) is 4.43. The van der Waals surface area contributed by atoms with Crippen molar-refractivity contribution in [3.63, 3.8) is 0 Å². The van der Waals surface area contributed by atoms with Crippen LogP contribution in [0.4, 0.5) is 0 Å². The highest BCUT2D eigenvalue weighted by molar-refractivity contribution is 9.10. The van der Waals surface area contributed by atoms with E-state index in [1.165, 1.54) is 0 Å². The Morgan fingerprint density at radius 3 is 2.53 bits per heavy atom. The summed E-state index contributed by atoms with van der Waals surface area (Å²) >= 11 is 3.48. The van der Waals surface area contributed by atoms with Gasteiger partial charge in [-0.1, -0.05) is 41.1 Å². The zero-order valence-electron chi connectivity index (χ0n) is 10.5. The molecule has 2 N–H and O–H groups in total. The van der Waals surface area contributed by atoms with E-state index < -0.39 is 0 Å². The number of rotatable bonds is 4. The largest absolute Gasteiger partial charge is 0.341 e. The van der Waals surface area contributed by atoms with E-state index in [4.69, 9.17) is 5.73 Å². The van der Waals surface area contributed by atoms with E-state index in [0.29, 0.717) is 6.54 Å². The monoisotopic (exact) mass is 298 g/mol. The molecular formula is C13H19BrN2O. The first-order chi connectivity index (χ1) is 7.93. The molecule has 1 amide bonds. The van der Waals surface area contributed by atoms with Gasteiger partial charge in [-0.15, -0.1) is 0 Å². The normalized spacial score (nSPS) is 14.2. The van der Waals surface area contributed by atoms with Crippen LogP contribution >= 0.6 is 15.9 Å². The standard InChI is InChI=1S/C13H19BrN2O/c1-9(10(2)15)13(17)16(3)8-11-6-4-5-7-12(11)14/h4-7,9-10H,8,15H2,1-3H3. The van der Waals surface area contributed by atoms with E-state index in [1.54, 1.807) is 11.9 Å². The fraction of sp³-hybridized carbons (Fsp3) is 0.462. The highest BCUT2D eigenvalue weighted by Gasteiger charge is 2.21. The van der Waals surface area contributed by atoms with Crippen LogP contribution in [0.5, 0.6) is 0 Å². The summed E-state index contributed by atoms with van der Waals surface area (Å²) in [5.41, 5.74) is 6.84. The Kier molecular flexibility index (Phi) is 5.15. The third kappa shape index (κ3) is 3.82. The van der Waals surface area contributed by atoms with Gasteiger partial charge in [0.1, 0.15) is 0 Å². The molecule has 0 bridgehead atoms. The van der Waals surface area contributed by atoms with Crippen molar-refractivity contribution in [3.05, 3.63) is 34.3 Å². The van der Waals surface area contributed by atoms with E-state index in [2.05, 4.69) is 15.9 Å². The number of hydrogen-bond acceptors (Lipinski definition) is 2. The highest BCUT2D eigenvalue weighted by atomic mass is 79.9. The first-order valence-corrected chi connectivity index (χ1v) is 6.46. The van der Waals surface area contributed by atoms with Gasteiger partial charge in [-0.25, -0.2) is 0 Å². The van der Waals surface area contributed by atoms with Crippen molar-refractivity contribution in [3.8, 4) is 0 Å². The van der Waals surface area contributed by atoms with Crippen LogP contribution < -0.4 is 5.73 Å². The molecule has 94 valence electrons. The Morgan fingerprint density at radius 1 is 1.41 bits per heavy atom.